The van der Waals surface area contributed by atoms with Gasteiger partial charge in [0.25, 0.3) is 0 Å². The van der Waals surface area contributed by atoms with Gasteiger partial charge in [-0.3, -0.25) is 4.79 Å². The van der Waals surface area contributed by atoms with Crippen LogP contribution in [0.4, 0.5) is 0 Å². The molecule has 1 aromatic rings. The highest BCUT2D eigenvalue weighted by Gasteiger charge is 2.17. The minimum atomic E-state index is 0.147. The van der Waals surface area contributed by atoms with Gasteiger partial charge >= 0.3 is 0 Å². The molecule has 0 bridgehead atoms. The number of nitrogens with one attached hydrogen (secondary N) is 1. The third kappa shape index (κ3) is 5.45. The molecule has 1 aliphatic heterocycles. The monoisotopic (exact) mass is 302 g/mol. The molecule has 3 N–H and O–H groups in total. The van der Waals surface area contributed by atoms with Crippen LogP contribution in [0.15, 0.2) is 24.3 Å². The molecule has 1 aliphatic rings. The number of thioether (sulfide) groups is 1. The summed E-state index contributed by atoms with van der Waals surface area (Å²) in [6.07, 6.45) is 2.98. The molecule has 0 spiro atoms. The van der Waals surface area contributed by atoms with Gasteiger partial charge < -0.3 is 11.1 Å². The van der Waals surface area contributed by atoms with Gasteiger partial charge in [0.15, 0.2) is 0 Å². The highest BCUT2D eigenvalue weighted by atomic mass is 32.2. The van der Waals surface area contributed by atoms with E-state index in [1.165, 1.54) is 11.5 Å². The van der Waals surface area contributed by atoms with E-state index in [-0.39, 0.29) is 5.91 Å². The summed E-state index contributed by atoms with van der Waals surface area (Å²) in [5.74, 6) is 8.99. The standard InChI is InChI=1S/C17H22N2OS/c18-9-3-6-15-4-1-2-5-16(15)13-19-17(20)12-14-7-10-21-11-8-14/h1-2,4-5,14H,7-13,18H2,(H,19,20). The van der Waals surface area contributed by atoms with Crippen molar-refractivity contribution in [2.45, 2.75) is 25.8 Å². The van der Waals surface area contributed by atoms with E-state index in [0.29, 0.717) is 25.4 Å². The highest BCUT2D eigenvalue weighted by molar-refractivity contribution is 7.99. The predicted octanol–water partition coefficient (Wildman–Crippen LogP) is 2.15. The third-order valence-electron chi connectivity index (χ3n) is 3.63. The molecule has 112 valence electrons. The second-order valence-corrected chi connectivity index (χ2v) is 6.42. The molecular formula is C17H22N2OS. The predicted molar refractivity (Wildman–Crippen MR) is 88.9 cm³/mol. The number of nitrogens with two attached hydrogens (primary N) is 1. The highest BCUT2D eigenvalue weighted by Crippen LogP contribution is 2.25. The van der Waals surface area contributed by atoms with Crippen molar-refractivity contribution in [2.24, 2.45) is 11.7 Å². The van der Waals surface area contributed by atoms with Crippen molar-refractivity contribution in [1.82, 2.24) is 5.32 Å². The van der Waals surface area contributed by atoms with Crippen molar-refractivity contribution in [3.8, 4) is 11.8 Å². The van der Waals surface area contributed by atoms with Gasteiger partial charge in [0.1, 0.15) is 0 Å². The van der Waals surface area contributed by atoms with E-state index >= 15 is 0 Å². The zero-order valence-electron chi connectivity index (χ0n) is 12.2. The maximum absolute atomic E-state index is 12.0. The quantitative estimate of drug-likeness (QED) is 0.838. The molecule has 21 heavy (non-hydrogen) atoms. The van der Waals surface area contributed by atoms with Crippen LogP contribution in [0.2, 0.25) is 0 Å². The maximum Gasteiger partial charge on any atom is 0.220 e. The van der Waals surface area contributed by atoms with E-state index in [4.69, 9.17) is 5.73 Å². The van der Waals surface area contributed by atoms with Crippen LogP contribution in [0.3, 0.4) is 0 Å². The van der Waals surface area contributed by atoms with E-state index in [0.717, 1.165) is 24.0 Å². The Balaban J connectivity index is 1.86. The van der Waals surface area contributed by atoms with Crippen molar-refractivity contribution < 1.29 is 4.79 Å². The lowest BCUT2D eigenvalue weighted by Crippen LogP contribution is -2.26. The molecular weight excluding hydrogens is 280 g/mol. The van der Waals surface area contributed by atoms with Crippen molar-refractivity contribution in [3.63, 3.8) is 0 Å². The first-order chi connectivity index (χ1) is 10.3. The number of carbonyl (C=O) groups is 1. The lowest BCUT2D eigenvalue weighted by Gasteiger charge is -2.20. The number of rotatable bonds is 4. The molecule has 1 amide bonds. The van der Waals surface area contributed by atoms with Crippen molar-refractivity contribution in [3.05, 3.63) is 35.4 Å². The van der Waals surface area contributed by atoms with Crippen LogP contribution in [0, 0.1) is 17.8 Å². The Morgan fingerprint density at radius 1 is 1.33 bits per heavy atom. The fourth-order valence-corrected chi connectivity index (χ4v) is 3.63. The van der Waals surface area contributed by atoms with Crippen molar-refractivity contribution in [2.75, 3.05) is 18.1 Å². The average Bonchev–Trinajstić information content (AvgIpc) is 2.52. The molecule has 2 rings (SSSR count). The van der Waals surface area contributed by atoms with Crippen LogP contribution < -0.4 is 11.1 Å². The van der Waals surface area contributed by atoms with Crippen LogP contribution in [-0.2, 0) is 11.3 Å². The normalized spacial score (nSPS) is 15.1. The molecule has 4 heteroatoms. The molecule has 0 atom stereocenters. The van der Waals surface area contributed by atoms with Crippen LogP contribution >= 0.6 is 11.8 Å². The topological polar surface area (TPSA) is 55.1 Å². The van der Waals surface area contributed by atoms with Gasteiger partial charge in [-0.2, -0.15) is 11.8 Å². The molecule has 0 radical (unpaired) electrons. The van der Waals surface area contributed by atoms with E-state index in [2.05, 4.69) is 17.2 Å². The first-order valence-electron chi connectivity index (χ1n) is 7.41. The summed E-state index contributed by atoms with van der Waals surface area (Å²) >= 11 is 1.99. The molecule has 0 aliphatic carbocycles. The summed E-state index contributed by atoms with van der Waals surface area (Å²) in [6.45, 7) is 0.885. The molecule has 3 nitrogen and oxygen atoms in total. The van der Waals surface area contributed by atoms with E-state index < -0.39 is 0 Å². The van der Waals surface area contributed by atoms with E-state index in [1.807, 2.05) is 36.0 Å². The zero-order chi connectivity index (χ0) is 14.9. The van der Waals surface area contributed by atoms with Gasteiger partial charge in [-0.05, 0) is 41.9 Å². The van der Waals surface area contributed by atoms with Gasteiger partial charge in [-0.1, -0.05) is 30.0 Å². The lowest BCUT2D eigenvalue weighted by atomic mass is 9.98. The third-order valence-corrected chi connectivity index (χ3v) is 4.68. The van der Waals surface area contributed by atoms with E-state index in [1.54, 1.807) is 0 Å². The summed E-state index contributed by atoms with van der Waals surface area (Å²) in [7, 11) is 0. The second kappa shape index (κ2) is 8.76. The van der Waals surface area contributed by atoms with Gasteiger partial charge in [0.2, 0.25) is 5.91 Å². The minimum absolute atomic E-state index is 0.147. The molecule has 0 aromatic heterocycles. The molecule has 1 aromatic carbocycles. The van der Waals surface area contributed by atoms with Gasteiger partial charge in [0.05, 0.1) is 6.54 Å². The lowest BCUT2D eigenvalue weighted by molar-refractivity contribution is -0.122. The number of hydrogen-bond acceptors (Lipinski definition) is 3. The van der Waals surface area contributed by atoms with Crippen LogP contribution in [0.25, 0.3) is 0 Å². The first-order valence-corrected chi connectivity index (χ1v) is 8.56. The number of carbonyl (C=O) groups excluding carboxylic acids is 1. The summed E-state index contributed by atoms with van der Waals surface area (Å²) in [5, 5.41) is 3.02. The Hall–Kier alpha value is -1.44. The van der Waals surface area contributed by atoms with Gasteiger partial charge in [0, 0.05) is 18.5 Å². The summed E-state index contributed by atoms with van der Waals surface area (Å²) < 4.78 is 0. The van der Waals surface area contributed by atoms with Crippen molar-refractivity contribution >= 4 is 17.7 Å². The SMILES string of the molecule is NCC#Cc1ccccc1CNC(=O)CC1CCSCC1. The largest absolute Gasteiger partial charge is 0.352 e. The molecule has 1 saturated heterocycles. The molecule has 1 heterocycles. The molecule has 1 fully saturated rings. The van der Waals surface area contributed by atoms with Crippen molar-refractivity contribution in [1.29, 1.82) is 0 Å². The fourth-order valence-electron chi connectivity index (χ4n) is 2.42. The van der Waals surface area contributed by atoms with Gasteiger partial charge in [-0.15, -0.1) is 0 Å². The van der Waals surface area contributed by atoms with Gasteiger partial charge in [-0.25, -0.2) is 0 Å². The summed E-state index contributed by atoms with van der Waals surface area (Å²) in [6, 6.07) is 7.87. The summed E-state index contributed by atoms with van der Waals surface area (Å²) in [4.78, 5) is 12.0. The Labute approximate surface area is 131 Å². The maximum atomic E-state index is 12.0. The number of benzene rings is 1. The Morgan fingerprint density at radius 3 is 2.86 bits per heavy atom. The van der Waals surface area contributed by atoms with Crippen LogP contribution in [-0.4, -0.2) is 24.0 Å². The first kappa shape index (κ1) is 15.9. The van der Waals surface area contributed by atoms with E-state index in [9.17, 15) is 4.79 Å². The zero-order valence-corrected chi connectivity index (χ0v) is 13.0. The van der Waals surface area contributed by atoms with Crippen LogP contribution in [0.1, 0.15) is 30.4 Å². The Morgan fingerprint density at radius 2 is 2.10 bits per heavy atom. The second-order valence-electron chi connectivity index (χ2n) is 5.20. The summed E-state index contributed by atoms with van der Waals surface area (Å²) in [5.41, 5.74) is 7.40. The smallest absolute Gasteiger partial charge is 0.220 e. The minimum Gasteiger partial charge on any atom is -0.352 e. The number of hydrogen-bond donors (Lipinski definition) is 2. The Kier molecular flexibility index (Phi) is 6.65. The average molecular weight is 302 g/mol. The molecule has 0 saturated carbocycles. The van der Waals surface area contributed by atoms with Crippen LogP contribution in [0.5, 0.6) is 0 Å². The molecule has 0 unspecified atom stereocenters. The number of amides is 1. The fraction of sp³-hybridized carbons (Fsp3) is 0.471. The Bertz CT molecular complexity index is 527.